The van der Waals surface area contributed by atoms with Gasteiger partial charge >= 0.3 is 5.97 Å². The summed E-state index contributed by atoms with van der Waals surface area (Å²) < 4.78 is 16.9. The molecule has 3 aromatic rings. The summed E-state index contributed by atoms with van der Waals surface area (Å²) in [6.07, 6.45) is 1.41. The number of rotatable bonds is 5. The fraction of sp³-hybridized carbons (Fsp3) is 0.0870. The van der Waals surface area contributed by atoms with Gasteiger partial charge in [0, 0.05) is 15.6 Å². The van der Waals surface area contributed by atoms with Gasteiger partial charge in [0.2, 0.25) is 6.79 Å². The zero-order valence-electron chi connectivity index (χ0n) is 16.4. The summed E-state index contributed by atoms with van der Waals surface area (Å²) in [4.78, 5) is 24.9. The van der Waals surface area contributed by atoms with Gasteiger partial charge in [0.1, 0.15) is 5.75 Å². The van der Waals surface area contributed by atoms with E-state index >= 15 is 0 Å². The second kappa shape index (κ2) is 9.01. The monoisotopic (exact) mass is 480 g/mol. The first kappa shape index (κ1) is 20.6. The summed E-state index contributed by atoms with van der Waals surface area (Å²) in [6, 6.07) is 17.2. The number of hydrazone groups is 1. The normalized spacial score (nSPS) is 12.1. The number of amides is 1. The van der Waals surface area contributed by atoms with Gasteiger partial charge in [-0.25, -0.2) is 10.2 Å². The summed E-state index contributed by atoms with van der Waals surface area (Å²) in [5.74, 6) is 0.531. The average Bonchev–Trinajstić information content (AvgIpc) is 3.23. The smallest absolute Gasteiger partial charge is 0.343 e. The fourth-order valence-corrected chi connectivity index (χ4v) is 3.31. The van der Waals surface area contributed by atoms with E-state index in [1.807, 2.05) is 19.1 Å². The highest BCUT2D eigenvalue weighted by Crippen LogP contribution is 2.32. The third kappa shape index (κ3) is 4.75. The largest absolute Gasteiger partial charge is 0.454 e. The number of carbonyl (C=O) groups is 2. The van der Waals surface area contributed by atoms with Crippen LogP contribution in [0, 0.1) is 6.92 Å². The Hall–Kier alpha value is -3.65. The fourth-order valence-electron chi connectivity index (χ4n) is 2.93. The Labute approximate surface area is 186 Å². The summed E-state index contributed by atoms with van der Waals surface area (Å²) in [6.45, 7) is 1.97. The van der Waals surface area contributed by atoms with E-state index in [1.54, 1.807) is 48.5 Å². The quantitative estimate of drug-likeness (QED) is 0.252. The lowest BCUT2D eigenvalue weighted by Gasteiger charge is -2.09. The zero-order chi connectivity index (χ0) is 21.8. The van der Waals surface area contributed by atoms with E-state index in [-0.39, 0.29) is 6.79 Å². The number of nitrogens with zero attached hydrogens (tertiary/aromatic N) is 1. The number of hydrogen-bond acceptors (Lipinski definition) is 6. The van der Waals surface area contributed by atoms with Crippen molar-refractivity contribution in [2.24, 2.45) is 5.10 Å². The van der Waals surface area contributed by atoms with Crippen LogP contribution in [0.1, 0.15) is 31.8 Å². The van der Waals surface area contributed by atoms with Crippen LogP contribution in [0.3, 0.4) is 0 Å². The molecule has 0 radical (unpaired) electrons. The molecule has 1 aliphatic rings. The Kier molecular flexibility index (Phi) is 5.99. The maximum Gasteiger partial charge on any atom is 0.343 e. The number of aryl methyl sites for hydroxylation is 1. The first-order valence-electron chi connectivity index (χ1n) is 9.31. The minimum absolute atomic E-state index is 0.130. The predicted molar refractivity (Wildman–Crippen MR) is 118 cm³/mol. The van der Waals surface area contributed by atoms with Gasteiger partial charge in [-0.05, 0) is 55.0 Å². The lowest BCUT2D eigenvalue weighted by atomic mass is 10.1. The second-order valence-corrected chi connectivity index (χ2v) is 7.57. The van der Waals surface area contributed by atoms with E-state index < -0.39 is 11.9 Å². The predicted octanol–water partition coefficient (Wildman–Crippen LogP) is 4.47. The molecule has 4 rings (SSSR count). The minimum Gasteiger partial charge on any atom is -0.454 e. The number of esters is 1. The van der Waals surface area contributed by atoms with Gasteiger partial charge in [0.15, 0.2) is 11.5 Å². The topological polar surface area (TPSA) is 86.2 Å². The Morgan fingerprint density at radius 1 is 1.06 bits per heavy atom. The highest BCUT2D eigenvalue weighted by atomic mass is 79.9. The van der Waals surface area contributed by atoms with Crippen LogP contribution in [0.25, 0.3) is 0 Å². The van der Waals surface area contributed by atoms with Crippen molar-refractivity contribution in [2.75, 3.05) is 6.79 Å². The molecular formula is C23H17BrN2O5. The minimum atomic E-state index is -0.473. The van der Waals surface area contributed by atoms with E-state index in [9.17, 15) is 9.59 Å². The Morgan fingerprint density at radius 3 is 2.71 bits per heavy atom. The number of nitrogens with one attached hydrogen (secondary N) is 1. The van der Waals surface area contributed by atoms with Crippen LogP contribution in [0.2, 0.25) is 0 Å². The molecule has 0 spiro atoms. The van der Waals surface area contributed by atoms with Crippen LogP contribution in [-0.2, 0) is 0 Å². The summed E-state index contributed by atoms with van der Waals surface area (Å²) >= 11 is 3.39. The lowest BCUT2D eigenvalue weighted by Crippen LogP contribution is -2.17. The Bertz CT molecular complexity index is 1190. The van der Waals surface area contributed by atoms with Gasteiger partial charge in [0.25, 0.3) is 5.91 Å². The van der Waals surface area contributed by atoms with Crippen molar-refractivity contribution in [3.63, 3.8) is 0 Å². The van der Waals surface area contributed by atoms with Crippen LogP contribution in [-0.4, -0.2) is 24.9 Å². The molecule has 0 saturated heterocycles. The number of benzene rings is 3. The molecule has 0 unspecified atom stereocenters. The molecule has 0 saturated carbocycles. The summed E-state index contributed by atoms with van der Waals surface area (Å²) in [5.41, 5.74) is 4.64. The number of hydrogen-bond donors (Lipinski definition) is 1. The summed E-state index contributed by atoms with van der Waals surface area (Å²) in [5, 5.41) is 4.00. The van der Waals surface area contributed by atoms with Crippen molar-refractivity contribution in [1.82, 2.24) is 5.43 Å². The molecule has 0 aliphatic carbocycles. The van der Waals surface area contributed by atoms with Crippen LogP contribution < -0.4 is 19.6 Å². The van der Waals surface area contributed by atoms with Crippen molar-refractivity contribution < 1.29 is 23.8 Å². The maximum atomic E-state index is 12.6. The third-order valence-corrected chi connectivity index (χ3v) is 5.04. The van der Waals surface area contributed by atoms with Gasteiger partial charge in [-0.1, -0.05) is 34.1 Å². The molecule has 0 aromatic heterocycles. The SMILES string of the molecule is Cc1ccccc1C(=O)Oc1ccc(Br)cc1/C=N/NC(=O)c1ccc2c(c1)OCO2. The van der Waals surface area contributed by atoms with Gasteiger partial charge in [-0.3, -0.25) is 4.79 Å². The molecule has 31 heavy (non-hydrogen) atoms. The third-order valence-electron chi connectivity index (χ3n) is 4.54. The molecule has 1 aliphatic heterocycles. The first-order chi connectivity index (χ1) is 15.0. The number of carbonyl (C=O) groups excluding carboxylic acids is 2. The second-order valence-electron chi connectivity index (χ2n) is 6.65. The van der Waals surface area contributed by atoms with Crippen LogP contribution in [0.5, 0.6) is 17.2 Å². The lowest BCUT2D eigenvalue weighted by molar-refractivity contribution is 0.0733. The number of halogens is 1. The molecule has 3 aromatic carbocycles. The Balaban J connectivity index is 1.48. The van der Waals surface area contributed by atoms with E-state index in [0.29, 0.717) is 33.9 Å². The molecule has 0 atom stereocenters. The van der Waals surface area contributed by atoms with Crippen molar-refractivity contribution >= 4 is 34.0 Å². The molecule has 1 heterocycles. The van der Waals surface area contributed by atoms with Crippen LogP contribution in [0.15, 0.2) is 70.2 Å². The van der Waals surface area contributed by atoms with E-state index in [0.717, 1.165) is 10.0 Å². The van der Waals surface area contributed by atoms with Crippen molar-refractivity contribution in [2.45, 2.75) is 6.92 Å². The number of fused-ring (bicyclic) bond motifs is 1. The maximum absolute atomic E-state index is 12.6. The van der Waals surface area contributed by atoms with E-state index in [2.05, 4.69) is 26.5 Å². The zero-order valence-corrected chi connectivity index (χ0v) is 18.0. The van der Waals surface area contributed by atoms with Crippen molar-refractivity contribution in [1.29, 1.82) is 0 Å². The molecule has 1 N–H and O–H groups in total. The Morgan fingerprint density at radius 2 is 1.87 bits per heavy atom. The molecule has 0 fully saturated rings. The van der Waals surface area contributed by atoms with Crippen LogP contribution in [0.4, 0.5) is 0 Å². The first-order valence-corrected chi connectivity index (χ1v) is 10.1. The molecule has 7 nitrogen and oxygen atoms in total. The van der Waals surface area contributed by atoms with Gasteiger partial charge in [-0.15, -0.1) is 0 Å². The van der Waals surface area contributed by atoms with Gasteiger partial charge in [0.05, 0.1) is 11.8 Å². The summed E-state index contributed by atoms with van der Waals surface area (Å²) in [7, 11) is 0. The molecule has 156 valence electrons. The average molecular weight is 481 g/mol. The molecule has 8 heteroatoms. The number of ether oxygens (including phenoxy) is 3. The highest BCUT2D eigenvalue weighted by Gasteiger charge is 2.16. The van der Waals surface area contributed by atoms with Crippen molar-refractivity contribution in [3.8, 4) is 17.2 Å². The van der Waals surface area contributed by atoms with Crippen molar-refractivity contribution in [3.05, 3.63) is 87.4 Å². The molecule has 1 amide bonds. The van der Waals surface area contributed by atoms with Gasteiger partial charge in [-0.2, -0.15) is 5.10 Å². The van der Waals surface area contributed by atoms with E-state index in [1.165, 1.54) is 6.21 Å². The van der Waals surface area contributed by atoms with Crippen LogP contribution >= 0.6 is 15.9 Å². The highest BCUT2D eigenvalue weighted by molar-refractivity contribution is 9.10. The molecular weight excluding hydrogens is 464 g/mol. The van der Waals surface area contributed by atoms with Gasteiger partial charge < -0.3 is 14.2 Å². The van der Waals surface area contributed by atoms with E-state index in [4.69, 9.17) is 14.2 Å². The standard InChI is InChI=1S/C23H17BrN2O5/c1-14-4-2-3-5-18(14)23(28)31-19-9-7-17(24)10-16(19)12-25-26-22(27)15-6-8-20-21(11-15)30-13-29-20/h2-12H,13H2,1H3,(H,26,27)/b25-12+. The molecule has 0 bridgehead atoms.